The highest BCUT2D eigenvalue weighted by atomic mass is 79.9. The lowest BCUT2D eigenvalue weighted by molar-refractivity contribution is 0.482. The number of halogens is 3. The Kier molecular flexibility index (Phi) is 5.95. The summed E-state index contributed by atoms with van der Waals surface area (Å²) in [6.45, 7) is 6.88. The third kappa shape index (κ3) is 4.56. The van der Waals surface area contributed by atoms with Crippen LogP contribution >= 0.6 is 47.8 Å². The highest BCUT2D eigenvalue weighted by molar-refractivity contribution is 9.24. The minimum atomic E-state index is 0.201. The molecule has 0 heterocycles. The molecule has 0 aromatic heterocycles. The van der Waals surface area contributed by atoms with Gasteiger partial charge in [0.15, 0.2) is 0 Å². The molecule has 0 nitrogen and oxygen atoms in total. The van der Waals surface area contributed by atoms with Crippen LogP contribution in [0.25, 0.3) is 5.57 Å². The van der Waals surface area contributed by atoms with Crippen molar-refractivity contribution < 1.29 is 0 Å². The Hall–Kier alpha value is 0.140. The van der Waals surface area contributed by atoms with Crippen LogP contribution in [0.1, 0.15) is 54.0 Å². The highest BCUT2D eigenvalue weighted by Gasteiger charge is 2.19. The summed E-state index contributed by atoms with van der Waals surface area (Å²) >= 11 is 10.8. The maximum Gasteiger partial charge on any atom is 0.0946 e. The molecule has 21 heavy (non-hydrogen) atoms. The molecule has 0 unspecified atom stereocenters. The third-order valence-electron chi connectivity index (χ3n) is 3.90. The molecule has 1 aliphatic carbocycles. The zero-order valence-electron chi connectivity index (χ0n) is 12.7. The molecule has 0 N–H and O–H groups in total. The van der Waals surface area contributed by atoms with Crippen LogP contribution in [0.5, 0.6) is 0 Å². The van der Waals surface area contributed by atoms with Gasteiger partial charge in [0.25, 0.3) is 0 Å². The van der Waals surface area contributed by atoms with Gasteiger partial charge in [-0.05, 0) is 46.6 Å². The van der Waals surface area contributed by atoms with Crippen molar-refractivity contribution in [3.8, 4) is 0 Å². The lowest BCUT2D eigenvalue weighted by Gasteiger charge is -2.26. The van der Waals surface area contributed by atoms with E-state index in [1.165, 1.54) is 22.3 Å². The van der Waals surface area contributed by atoms with Crippen LogP contribution in [0.2, 0.25) is 0 Å². The number of hydrogen-bond acceptors (Lipinski definition) is 0. The van der Waals surface area contributed by atoms with E-state index in [1.807, 2.05) is 0 Å². The Bertz CT molecular complexity index is 575. The largest absolute Gasteiger partial charge is 0.0946 e. The summed E-state index contributed by atoms with van der Waals surface area (Å²) in [5.74, 6) is 0. The number of allylic oxidation sites excluding steroid dienone is 4. The summed E-state index contributed by atoms with van der Waals surface area (Å²) in [6.07, 6.45) is 6.91. The number of alkyl halides is 3. The van der Waals surface area contributed by atoms with Crippen LogP contribution in [-0.2, 0) is 5.33 Å². The minimum absolute atomic E-state index is 0.201. The molecule has 0 saturated carbocycles. The van der Waals surface area contributed by atoms with Gasteiger partial charge in [0.2, 0.25) is 0 Å². The van der Waals surface area contributed by atoms with Gasteiger partial charge >= 0.3 is 0 Å². The first-order valence-corrected chi connectivity index (χ1v) is 10.1. The molecule has 0 atom stereocenters. The quantitative estimate of drug-likeness (QED) is 0.396. The lowest BCUT2D eigenvalue weighted by atomic mass is 9.79. The average molecular weight is 477 g/mol. The molecule has 1 aliphatic rings. The second kappa shape index (κ2) is 7.14. The molecule has 0 saturated heterocycles. The van der Waals surface area contributed by atoms with E-state index < -0.39 is 0 Å². The van der Waals surface area contributed by atoms with E-state index in [2.05, 4.69) is 98.9 Å². The first kappa shape index (κ1) is 17.5. The monoisotopic (exact) mass is 474 g/mol. The Morgan fingerprint density at radius 2 is 1.76 bits per heavy atom. The van der Waals surface area contributed by atoms with Crippen LogP contribution in [-0.4, -0.2) is 0 Å². The van der Waals surface area contributed by atoms with Crippen molar-refractivity contribution in [1.82, 2.24) is 0 Å². The maximum absolute atomic E-state index is 3.61. The van der Waals surface area contributed by atoms with E-state index in [-0.39, 0.29) is 9.15 Å². The summed E-state index contributed by atoms with van der Waals surface area (Å²) in [5, 5.41) is 0.886. The van der Waals surface area contributed by atoms with Gasteiger partial charge in [-0.25, -0.2) is 0 Å². The van der Waals surface area contributed by atoms with E-state index >= 15 is 0 Å². The molecule has 1 aromatic rings. The molecule has 114 valence electrons. The zero-order chi connectivity index (χ0) is 15.6. The Balaban J connectivity index is 2.37. The Morgan fingerprint density at radius 3 is 2.24 bits per heavy atom. The summed E-state index contributed by atoms with van der Waals surface area (Å²) in [5.41, 5.74) is 7.19. The van der Waals surface area contributed by atoms with Crippen molar-refractivity contribution in [2.45, 2.75) is 42.7 Å². The van der Waals surface area contributed by atoms with Crippen molar-refractivity contribution in [2.75, 3.05) is 0 Å². The smallest absolute Gasteiger partial charge is 0.0876 e. The van der Waals surface area contributed by atoms with Gasteiger partial charge in [0.1, 0.15) is 0 Å². The fraction of sp³-hybridized carbons (Fsp3) is 0.444. The number of hydrogen-bond donors (Lipinski definition) is 0. The van der Waals surface area contributed by atoms with Crippen LogP contribution in [0, 0.1) is 5.41 Å². The normalized spacial score (nSPS) is 16.0. The first-order chi connectivity index (χ1) is 9.81. The Morgan fingerprint density at radius 1 is 1.05 bits per heavy atom. The van der Waals surface area contributed by atoms with Gasteiger partial charge < -0.3 is 0 Å². The maximum atomic E-state index is 3.61. The minimum Gasteiger partial charge on any atom is -0.0876 e. The fourth-order valence-electron chi connectivity index (χ4n) is 2.61. The second-order valence-corrected chi connectivity index (χ2v) is 10.2. The first-order valence-electron chi connectivity index (χ1n) is 7.20. The second-order valence-electron chi connectivity index (χ2n) is 6.53. The Labute approximate surface area is 153 Å². The topological polar surface area (TPSA) is 0 Å². The molecule has 0 bridgehead atoms. The van der Waals surface area contributed by atoms with Crippen molar-refractivity contribution >= 4 is 53.4 Å². The molecule has 0 radical (unpaired) electrons. The van der Waals surface area contributed by atoms with E-state index in [9.17, 15) is 0 Å². The highest BCUT2D eigenvalue weighted by Crippen LogP contribution is 2.38. The lowest BCUT2D eigenvalue weighted by Crippen LogP contribution is -2.11. The van der Waals surface area contributed by atoms with Gasteiger partial charge in [-0.15, -0.1) is 0 Å². The summed E-state index contributed by atoms with van der Waals surface area (Å²) in [6, 6.07) is 6.80. The number of rotatable bonds is 3. The van der Waals surface area contributed by atoms with Gasteiger partial charge in [-0.3, -0.25) is 0 Å². The van der Waals surface area contributed by atoms with Gasteiger partial charge in [0.05, 0.1) is 3.74 Å². The van der Waals surface area contributed by atoms with Crippen LogP contribution < -0.4 is 0 Å². The molecule has 2 rings (SSSR count). The number of benzene rings is 1. The summed E-state index contributed by atoms with van der Waals surface area (Å²) < 4.78 is 0.201. The standard InChI is InChI=1S/C18H21Br3/c1-18(2,3)16-6-4-13(5-7-16)14-8-12(11-19)9-15(10-14)17(20)21/h4,6,8-10,17H,5,7,11H2,1-3H3. The van der Waals surface area contributed by atoms with E-state index in [0.717, 1.165) is 18.2 Å². The van der Waals surface area contributed by atoms with Crippen molar-refractivity contribution in [1.29, 1.82) is 0 Å². The molecular formula is C18H21Br3. The van der Waals surface area contributed by atoms with Crippen LogP contribution in [0.3, 0.4) is 0 Å². The van der Waals surface area contributed by atoms with Crippen molar-refractivity contribution in [2.24, 2.45) is 5.41 Å². The predicted octanol–water partition coefficient (Wildman–Crippen LogP) is 7.52. The molecular weight excluding hydrogens is 456 g/mol. The van der Waals surface area contributed by atoms with E-state index in [4.69, 9.17) is 0 Å². The van der Waals surface area contributed by atoms with E-state index in [0.29, 0.717) is 0 Å². The van der Waals surface area contributed by atoms with Crippen LogP contribution in [0.4, 0.5) is 0 Å². The molecule has 0 aliphatic heterocycles. The SMILES string of the molecule is CC(C)(C)C1=CC=C(c2cc(CBr)cc(C(Br)Br)c2)CC1. The molecule has 0 fully saturated rings. The van der Waals surface area contributed by atoms with Crippen molar-refractivity contribution in [3.63, 3.8) is 0 Å². The molecule has 0 spiro atoms. The van der Waals surface area contributed by atoms with Crippen molar-refractivity contribution in [3.05, 3.63) is 52.6 Å². The fourth-order valence-corrected chi connectivity index (χ4v) is 3.46. The molecule has 3 heteroatoms. The summed E-state index contributed by atoms with van der Waals surface area (Å²) in [4.78, 5) is 0. The predicted molar refractivity (Wildman–Crippen MR) is 104 cm³/mol. The van der Waals surface area contributed by atoms with Gasteiger partial charge in [-0.2, -0.15) is 0 Å². The van der Waals surface area contributed by atoms with Gasteiger partial charge in [-0.1, -0.05) is 98.4 Å². The van der Waals surface area contributed by atoms with Gasteiger partial charge in [0, 0.05) is 5.33 Å². The van der Waals surface area contributed by atoms with Crippen LogP contribution in [0.15, 0.2) is 35.9 Å². The summed E-state index contributed by atoms with van der Waals surface area (Å²) in [7, 11) is 0. The average Bonchev–Trinajstić information content (AvgIpc) is 2.46. The molecule has 0 amide bonds. The molecule has 1 aromatic carbocycles. The van der Waals surface area contributed by atoms with E-state index in [1.54, 1.807) is 5.57 Å². The zero-order valence-corrected chi connectivity index (χ0v) is 17.5. The third-order valence-corrected chi connectivity index (χ3v) is 5.61.